The van der Waals surface area contributed by atoms with Gasteiger partial charge in [-0.2, -0.15) is 0 Å². The third-order valence-corrected chi connectivity index (χ3v) is 6.41. The Morgan fingerprint density at radius 2 is 1.73 bits per heavy atom. The third-order valence-electron chi connectivity index (χ3n) is 5.28. The molecule has 1 aromatic heterocycles. The fraction of sp³-hybridized carbons (Fsp3) is 0.222. The molecule has 2 N–H and O–H groups in total. The fourth-order valence-corrected chi connectivity index (χ4v) is 4.50. The van der Waals surface area contributed by atoms with Crippen LogP contribution in [0.1, 0.15) is 35.0 Å². The quantitative estimate of drug-likeness (QED) is 0.305. The molecule has 0 aliphatic heterocycles. The smallest absolute Gasteiger partial charge is 0.269 e. The van der Waals surface area contributed by atoms with E-state index in [4.69, 9.17) is 9.47 Å². The first-order valence-electron chi connectivity index (χ1n) is 11.0. The molecule has 0 aliphatic carbocycles. The van der Waals surface area contributed by atoms with Crippen LogP contribution in [0, 0.1) is 6.92 Å². The second-order valence-corrected chi connectivity index (χ2v) is 8.91. The number of benzene rings is 3. The number of H-pyrrole nitrogens is 1. The highest BCUT2D eigenvalue weighted by Gasteiger charge is 2.19. The van der Waals surface area contributed by atoms with E-state index in [0.717, 1.165) is 44.2 Å². The first-order chi connectivity index (χ1) is 16.1. The normalized spacial score (nSPS) is 10.9. The Labute approximate surface area is 198 Å². The van der Waals surface area contributed by atoms with Crippen LogP contribution >= 0.6 is 11.8 Å². The molecule has 0 fully saturated rings. The van der Waals surface area contributed by atoms with Crippen LogP contribution in [-0.2, 0) is 6.54 Å². The van der Waals surface area contributed by atoms with Gasteiger partial charge in [-0.15, -0.1) is 0 Å². The number of fused-ring (bicyclic) bond motifs is 1. The maximum atomic E-state index is 13.2. The molecular formula is C27H28N2O3S. The van der Waals surface area contributed by atoms with E-state index in [1.54, 1.807) is 18.9 Å². The summed E-state index contributed by atoms with van der Waals surface area (Å²) in [7, 11) is 1.64. The van der Waals surface area contributed by atoms with E-state index in [0.29, 0.717) is 18.8 Å². The van der Waals surface area contributed by atoms with E-state index in [-0.39, 0.29) is 5.91 Å². The Balaban J connectivity index is 1.57. The lowest BCUT2D eigenvalue weighted by atomic mass is 10.2. The van der Waals surface area contributed by atoms with Gasteiger partial charge in [0.25, 0.3) is 5.91 Å². The molecule has 0 bridgehead atoms. The average Bonchev–Trinajstić information content (AvgIpc) is 3.20. The van der Waals surface area contributed by atoms with Crippen LogP contribution in [0.5, 0.6) is 11.5 Å². The maximum Gasteiger partial charge on any atom is 0.269 e. The molecule has 4 aromatic rings. The first-order valence-corrected chi connectivity index (χ1v) is 11.8. The van der Waals surface area contributed by atoms with Crippen LogP contribution in [0.4, 0.5) is 0 Å². The number of carbonyl (C=O) groups is 1. The third kappa shape index (κ3) is 5.52. The van der Waals surface area contributed by atoms with Crippen molar-refractivity contribution in [2.75, 3.05) is 13.7 Å². The Morgan fingerprint density at radius 1 is 1.00 bits per heavy atom. The van der Waals surface area contributed by atoms with Gasteiger partial charge in [0.05, 0.1) is 24.1 Å². The number of ether oxygens (including phenoxy) is 2. The summed E-state index contributed by atoms with van der Waals surface area (Å²) in [6.45, 7) is 5.27. The van der Waals surface area contributed by atoms with Crippen molar-refractivity contribution >= 4 is 28.6 Å². The van der Waals surface area contributed by atoms with E-state index in [2.05, 4.69) is 48.4 Å². The lowest BCUT2D eigenvalue weighted by molar-refractivity contribution is 0.0944. The largest absolute Gasteiger partial charge is 0.497 e. The standard InChI is InChI=1S/C27H28N2O3S/c1-4-15-32-20-9-7-19(8-10-20)17-28-27(30)25-26(33-22-12-5-18(2)6-13-22)23-14-11-21(31-3)16-24(23)29-25/h5-14,16,29H,4,15,17H2,1-3H3,(H,28,30). The zero-order chi connectivity index (χ0) is 23.2. The van der Waals surface area contributed by atoms with Gasteiger partial charge >= 0.3 is 0 Å². The summed E-state index contributed by atoms with van der Waals surface area (Å²) in [6.07, 6.45) is 0.969. The number of nitrogens with one attached hydrogen (secondary N) is 2. The monoisotopic (exact) mass is 460 g/mol. The van der Waals surface area contributed by atoms with Gasteiger partial charge in [0.1, 0.15) is 17.2 Å². The Kier molecular flexibility index (Phi) is 7.25. The number of rotatable bonds is 9. The summed E-state index contributed by atoms with van der Waals surface area (Å²) in [5.74, 6) is 1.44. The van der Waals surface area contributed by atoms with Crippen molar-refractivity contribution in [1.82, 2.24) is 10.3 Å². The van der Waals surface area contributed by atoms with E-state index >= 15 is 0 Å². The summed E-state index contributed by atoms with van der Waals surface area (Å²) in [5, 5.41) is 4.04. The van der Waals surface area contributed by atoms with Crippen LogP contribution in [0.2, 0.25) is 0 Å². The fourth-order valence-electron chi connectivity index (χ4n) is 3.46. The maximum absolute atomic E-state index is 13.2. The summed E-state index contributed by atoms with van der Waals surface area (Å²) in [4.78, 5) is 18.5. The molecule has 0 radical (unpaired) electrons. The Morgan fingerprint density at radius 3 is 2.42 bits per heavy atom. The number of amides is 1. The minimum Gasteiger partial charge on any atom is -0.497 e. The van der Waals surface area contributed by atoms with Crippen molar-refractivity contribution in [2.45, 2.75) is 36.6 Å². The van der Waals surface area contributed by atoms with E-state index in [9.17, 15) is 4.79 Å². The number of carbonyl (C=O) groups excluding carboxylic acids is 1. The van der Waals surface area contributed by atoms with Gasteiger partial charge in [-0.3, -0.25) is 4.79 Å². The van der Waals surface area contributed by atoms with E-state index in [1.165, 1.54) is 5.56 Å². The van der Waals surface area contributed by atoms with Crippen molar-refractivity contribution in [3.05, 3.63) is 83.6 Å². The molecule has 1 amide bonds. The van der Waals surface area contributed by atoms with Crippen LogP contribution in [0.25, 0.3) is 10.9 Å². The molecule has 170 valence electrons. The van der Waals surface area contributed by atoms with E-state index < -0.39 is 0 Å². The zero-order valence-corrected chi connectivity index (χ0v) is 19.9. The summed E-state index contributed by atoms with van der Waals surface area (Å²) < 4.78 is 11.0. The van der Waals surface area contributed by atoms with Crippen molar-refractivity contribution in [1.29, 1.82) is 0 Å². The SMILES string of the molecule is CCCOc1ccc(CNC(=O)c2[nH]c3cc(OC)ccc3c2Sc2ccc(C)cc2)cc1. The molecule has 6 heteroatoms. The molecule has 0 saturated carbocycles. The molecular weight excluding hydrogens is 432 g/mol. The molecule has 0 unspecified atom stereocenters. The predicted octanol–water partition coefficient (Wildman–Crippen LogP) is 6.35. The van der Waals surface area contributed by atoms with Crippen LogP contribution in [0.15, 0.2) is 76.5 Å². The number of aromatic nitrogens is 1. The minimum atomic E-state index is -0.147. The molecule has 0 spiro atoms. The summed E-state index contributed by atoms with van der Waals surface area (Å²) >= 11 is 1.58. The van der Waals surface area contributed by atoms with Gasteiger partial charge < -0.3 is 19.8 Å². The Hall–Kier alpha value is -3.38. The summed E-state index contributed by atoms with van der Waals surface area (Å²) in [6, 6.07) is 22.0. The van der Waals surface area contributed by atoms with Crippen molar-refractivity contribution in [3.63, 3.8) is 0 Å². The Bertz CT molecular complexity index is 1230. The van der Waals surface area contributed by atoms with Gasteiger partial charge in [0.2, 0.25) is 0 Å². The van der Waals surface area contributed by atoms with Gasteiger partial charge in [-0.25, -0.2) is 0 Å². The molecule has 3 aromatic carbocycles. The number of hydrogen-bond acceptors (Lipinski definition) is 4. The molecule has 0 aliphatic rings. The average molecular weight is 461 g/mol. The van der Waals surface area contributed by atoms with Crippen LogP contribution < -0.4 is 14.8 Å². The number of aromatic amines is 1. The highest BCUT2D eigenvalue weighted by atomic mass is 32.2. The van der Waals surface area contributed by atoms with Gasteiger partial charge in [0, 0.05) is 22.9 Å². The highest BCUT2D eigenvalue weighted by Crippen LogP contribution is 2.38. The van der Waals surface area contributed by atoms with Gasteiger partial charge in [-0.05, 0) is 55.3 Å². The predicted molar refractivity (Wildman–Crippen MR) is 134 cm³/mol. The van der Waals surface area contributed by atoms with E-state index in [1.807, 2.05) is 42.5 Å². The highest BCUT2D eigenvalue weighted by molar-refractivity contribution is 7.99. The number of hydrogen-bond donors (Lipinski definition) is 2. The van der Waals surface area contributed by atoms with Crippen molar-refractivity contribution < 1.29 is 14.3 Å². The summed E-state index contributed by atoms with van der Waals surface area (Å²) in [5.41, 5.74) is 3.63. The van der Waals surface area contributed by atoms with Crippen LogP contribution in [0.3, 0.4) is 0 Å². The molecule has 33 heavy (non-hydrogen) atoms. The second kappa shape index (κ2) is 10.5. The molecule has 1 heterocycles. The van der Waals surface area contributed by atoms with Gasteiger partial charge in [-0.1, -0.05) is 48.5 Å². The topological polar surface area (TPSA) is 63.3 Å². The second-order valence-electron chi connectivity index (χ2n) is 7.83. The van der Waals surface area contributed by atoms with Crippen molar-refractivity contribution in [2.24, 2.45) is 0 Å². The van der Waals surface area contributed by atoms with Crippen LogP contribution in [-0.4, -0.2) is 24.6 Å². The molecule has 4 rings (SSSR count). The molecule has 0 atom stereocenters. The first kappa shape index (κ1) is 22.8. The molecule has 5 nitrogen and oxygen atoms in total. The van der Waals surface area contributed by atoms with Crippen molar-refractivity contribution in [3.8, 4) is 11.5 Å². The minimum absolute atomic E-state index is 0.147. The lowest BCUT2D eigenvalue weighted by Crippen LogP contribution is -2.23. The number of aryl methyl sites for hydroxylation is 1. The molecule has 0 saturated heterocycles. The van der Waals surface area contributed by atoms with Gasteiger partial charge in [0.15, 0.2) is 0 Å². The zero-order valence-electron chi connectivity index (χ0n) is 19.1. The lowest BCUT2D eigenvalue weighted by Gasteiger charge is -2.09. The number of methoxy groups -OCH3 is 1.